The fourth-order valence-corrected chi connectivity index (χ4v) is 3.73. The molecule has 2 aromatic rings. The first kappa shape index (κ1) is 17.7. The molecular weight excluding hydrogens is 385 g/mol. The van der Waals surface area contributed by atoms with Gasteiger partial charge in [-0.1, -0.05) is 35.3 Å². The lowest BCUT2D eigenvalue weighted by Gasteiger charge is -2.13. The van der Waals surface area contributed by atoms with Crippen LogP contribution in [0.1, 0.15) is 11.1 Å². The van der Waals surface area contributed by atoms with E-state index in [1.54, 1.807) is 18.2 Å². The summed E-state index contributed by atoms with van der Waals surface area (Å²) in [5.41, 5.74) is 0.873. The van der Waals surface area contributed by atoms with E-state index in [0.717, 1.165) is 16.7 Å². The van der Waals surface area contributed by atoms with Crippen LogP contribution >= 0.6 is 35.0 Å². The summed E-state index contributed by atoms with van der Waals surface area (Å²) < 4.78 is 0. The molecule has 1 aliphatic rings. The summed E-state index contributed by atoms with van der Waals surface area (Å²) in [5, 5.41) is 19.7. The highest BCUT2D eigenvalue weighted by atomic mass is 35.5. The average molecular weight is 396 g/mol. The molecule has 25 heavy (non-hydrogen) atoms. The monoisotopic (exact) mass is 395 g/mol. The Morgan fingerprint density at radius 3 is 2.44 bits per heavy atom. The number of hydrogen-bond acceptors (Lipinski definition) is 5. The van der Waals surface area contributed by atoms with Gasteiger partial charge in [0.1, 0.15) is 0 Å². The van der Waals surface area contributed by atoms with Crippen LogP contribution in [0.25, 0.3) is 6.08 Å². The Kier molecular flexibility index (Phi) is 4.94. The minimum Gasteiger partial charge on any atom is -0.504 e. The summed E-state index contributed by atoms with van der Waals surface area (Å²) in [6.07, 6.45) is 1.37. The van der Waals surface area contributed by atoms with Crippen LogP contribution in [0.3, 0.4) is 0 Å². The minimum absolute atomic E-state index is 0.0360. The summed E-state index contributed by atoms with van der Waals surface area (Å²) in [4.78, 5) is 25.9. The molecule has 5 nitrogen and oxygen atoms in total. The maximum atomic E-state index is 12.5. The van der Waals surface area contributed by atoms with Crippen LogP contribution in [0.4, 0.5) is 4.79 Å². The molecule has 1 heterocycles. The van der Waals surface area contributed by atoms with Crippen LogP contribution in [0.2, 0.25) is 10.0 Å². The summed E-state index contributed by atoms with van der Waals surface area (Å²) in [5.74, 6) is -1.15. The highest BCUT2D eigenvalue weighted by Gasteiger charge is 2.35. The second-order valence-corrected chi connectivity index (χ2v) is 7.13. The predicted molar refractivity (Wildman–Crippen MR) is 97.7 cm³/mol. The number of nitrogens with zero attached hydrogens (tertiary/aromatic N) is 1. The van der Waals surface area contributed by atoms with Crippen LogP contribution in [-0.4, -0.2) is 26.3 Å². The largest absolute Gasteiger partial charge is 0.504 e. The van der Waals surface area contributed by atoms with Gasteiger partial charge in [0.05, 0.1) is 11.4 Å². The topological polar surface area (TPSA) is 77.8 Å². The number of hydrogen-bond donors (Lipinski definition) is 2. The fourth-order valence-electron chi connectivity index (χ4n) is 2.33. The van der Waals surface area contributed by atoms with Gasteiger partial charge in [0, 0.05) is 15.6 Å². The molecular formula is C17H11Cl2NO4S. The van der Waals surface area contributed by atoms with Gasteiger partial charge in [-0.05, 0) is 47.7 Å². The number of para-hydroxylation sites is 1. The molecule has 0 radical (unpaired) electrons. The molecule has 1 aliphatic heterocycles. The normalized spacial score (nSPS) is 16.1. The Bertz CT molecular complexity index is 893. The molecule has 0 spiro atoms. The van der Waals surface area contributed by atoms with E-state index in [0.29, 0.717) is 15.6 Å². The number of phenolic OH excluding ortho intramolecular Hbond substituents is 2. The van der Waals surface area contributed by atoms with Gasteiger partial charge in [-0.15, -0.1) is 0 Å². The van der Waals surface area contributed by atoms with Crippen LogP contribution in [0.15, 0.2) is 41.3 Å². The van der Waals surface area contributed by atoms with Gasteiger partial charge in [-0.2, -0.15) is 0 Å². The fraction of sp³-hybridized carbons (Fsp3) is 0.0588. The van der Waals surface area contributed by atoms with Crippen molar-refractivity contribution in [2.45, 2.75) is 6.54 Å². The maximum Gasteiger partial charge on any atom is 0.293 e. The Balaban J connectivity index is 1.87. The molecule has 2 amide bonds. The standard InChI is InChI=1S/C17H11Cl2NO4S/c18-11-4-9(5-12(19)7-11)8-20-16(23)14(25-17(20)24)6-10-2-1-3-13(21)15(10)22/h1-7,21-22H,8H2/b14-6-. The number of halogens is 2. The van der Waals surface area contributed by atoms with Gasteiger partial charge in [0.2, 0.25) is 0 Å². The van der Waals surface area contributed by atoms with E-state index in [4.69, 9.17) is 23.2 Å². The highest BCUT2D eigenvalue weighted by molar-refractivity contribution is 8.18. The van der Waals surface area contributed by atoms with Crippen molar-refractivity contribution in [3.63, 3.8) is 0 Å². The lowest BCUT2D eigenvalue weighted by atomic mass is 10.1. The molecule has 0 bridgehead atoms. The van der Waals surface area contributed by atoms with Crippen molar-refractivity contribution in [3.05, 3.63) is 62.5 Å². The third-order valence-electron chi connectivity index (χ3n) is 3.47. The lowest BCUT2D eigenvalue weighted by Crippen LogP contribution is -2.27. The maximum absolute atomic E-state index is 12.5. The Labute approximate surface area is 157 Å². The number of phenols is 2. The number of amides is 2. The molecule has 1 fully saturated rings. The van der Waals surface area contributed by atoms with Crippen molar-refractivity contribution >= 4 is 52.2 Å². The smallest absolute Gasteiger partial charge is 0.293 e. The van der Waals surface area contributed by atoms with Crippen molar-refractivity contribution in [1.29, 1.82) is 0 Å². The zero-order valence-corrected chi connectivity index (χ0v) is 14.9. The number of imide groups is 1. The third kappa shape index (κ3) is 3.76. The minimum atomic E-state index is -0.492. The van der Waals surface area contributed by atoms with Crippen molar-refractivity contribution in [2.24, 2.45) is 0 Å². The van der Waals surface area contributed by atoms with Crippen molar-refractivity contribution < 1.29 is 19.8 Å². The number of aromatic hydroxyl groups is 2. The number of thioether (sulfide) groups is 1. The van der Waals surface area contributed by atoms with Gasteiger partial charge in [0.25, 0.3) is 11.1 Å². The SMILES string of the molecule is O=C1S/C(=C\c2cccc(O)c2O)C(=O)N1Cc1cc(Cl)cc(Cl)c1. The Hall–Kier alpha value is -2.15. The van der Waals surface area contributed by atoms with E-state index in [1.807, 2.05) is 0 Å². The van der Waals surface area contributed by atoms with E-state index in [-0.39, 0.29) is 28.5 Å². The molecule has 2 N–H and O–H groups in total. The lowest BCUT2D eigenvalue weighted by molar-refractivity contribution is -0.123. The molecule has 8 heteroatoms. The molecule has 0 aliphatic carbocycles. The van der Waals surface area contributed by atoms with E-state index < -0.39 is 11.1 Å². The van der Waals surface area contributed by atoms with Gasteiger partial charge in [0.15, 0.2) is 11.5 Å². The molecule has 2 aromatic carbocycles. The highest BCUT2D eigenvalue weighted by Crippen LogP contribution is 2.37. The van der Waals surface area contributed by atoms with Gasteiger partial charge in [-0.3, -0.25) is 14.5 Å². The summed E-state index contributed by atoms with van der Waals surface area (Å²) in [6, 6.07) is 9.19. The molecule has 0 atom stereocenters. The molecule has 0 unspecified atom stereocenters. The van der Waals surface area contributed by atoms with Crippen LogP contribution < -0.4 is 0 Å². The van der Waals surface area contributed by atoms with Gasteiger partial charge < -0.3 is 10.2 Å². The van der Waals surface area contributed by atoms with Crippen molar-refractivity contribution in [2.75, 3.05) is 0 Å². The second-order valence-electron chi connectivity index (χ2n) is 5.26. The van der Waals surface area contributed by atoms with E-state index in [9.17, 15) is 19.8 Å². The third-order valence-corrected chi connectivity index (χ3v) is 4.81. The summed E-state index contributed by atoms with van der Waals surface area (Å²) >= 11 is 12.6. The van der Waals surface area contributed by atoms with Crippen LogP contribution in [-0.2, 0) is 11.3 Å². The number of carbonyl (C=O) groups is 2. The van der Waals surface area contributed by atoms with Crippen LogP contribution in [0, 0.1) is 0 Å². The number of carbonyl (C=O) groups excluding carboxylic acids is 2. The first-order valence-corrected chi connectivity index (χ1v) is 8.63. The Morgan fingerprint density at radius 2 is 1.76 bits per heavy atom. The molecule has 3 rings (SSSR count). The number of rotatable bonds is 3. The zero-order valence-electron chi connectivity index (χ0n) is 12.6. The summed E-state index contributed by atoms with van der Waals surface area (Å²) in [7, 11) is 0. The molecule has 1 saturated heterocycles. The first-order valence-electron chi connectivity index (χ1n) is 7.06. The molecule has 0 aromatic heterocycles. The predicted octanol–water partition coefficient (Wildman–Crippen LogP) is 4.64. The van der Waals surface area contributed by atoms with Gasteiger partial charge in [-0.25, -0.2) is 0 Å². The quantitative estimate of drug-likeness (QED) is 0.584. The second kappa shape index (κ2) is 7.00. The first-order chi connectivity index (χ1) is 11.8. The van der Waals surface area contributed by atoms with E-state index >= 15 is 0 Å². The van der Waals surface area contributed by atoms with Crippen molar-refractivity contribution in [3.8, 4) is 11.5 Å². The molecule has 128 valence electrons. The Morgan fingerprint density at radius 1 is 1.08 bits per heavy atom. The van der Waals surface area contributed by atoms with Crippen molar-refractivity contribution in [1.82, 2.24) is 4.90 Å². The number of benzene rings is 2. The van der Waals surface area contributed by atoms with Crippen LogP contribution in [0.5, 0.6) is 11.5 Å². The van der Waals surface area contributed by atoms with E-state index in [1.165, 1.54) is 24.3 Å². The average Bonchev–Trinajstić information content (AvgIpc) is 2.78. The van der Waals surface area contributed by atoms with E-state index in [2.05, 4.69) is 0 Å². The van der Waals surface area contributed by atoms with Gasteiger partial charge >= 0.3 is 0 Å². The zero-order chi connectivity index (χ0) is 18.1. The molecule has 0 saturated carbocycles. The summed E-state index contributed by atoms with van der Waals surface area (Å²) in [6.45, 7) is 0.0360.